The van der Waals surface area contributed by atoms with Gasteiger partial charge in [0.2, 0.25) is 0 Å². The van der Waals surface area contributed by atoms with E-state index in [1.54, 1.807) is 0 Å². The molecule has 10 rings (SSSR count). The fourth-order valence-corrected chi connectivity index (χ4v) is 10.1. The summed E-state index contributed by atoms with van der Waals surface area (Å²) < 4.78 is 0. The van der Waals surface area contributed by atoms with E-state index < -0.39 is 0 Å². The molecule has 0 saturated heterocycles. The number of hydrogen-bond donors (Lipinski definition) is 0. The predicted octanol–water partition coefficient (Wildman–Crippen LogP) is 15.0. The van der Waals surface area contributed by atoms with Gasteiger partial charge >= 0.3 is 0 Å². The summed E-state index contributed by atoms with van der Waals surface area (Å²) in [7, 11) is 0. The molecule has 2 aliphatic rings. The Morgan fingerprint density at radius 3 is 1.06 bits per heavy atom. The first kappa shape index (κ1) is 41.4. The number of benzene rings is 8. The van der Waals surface area contributed by atoms with Crippen LogP contribution in [0.25, 0.3) is 33.4 Å². The predicted molar refractivity (Wildman–Crippen MR) is 278 cm³/mol. The minimum atomic E-state index is -0.100. The Hall–Kier alpha value is -6.58. The summed E-state index contributed by atoms with van der Waals surface area (Å²) in [6.45, 7) is 23.2. The highest BCUT2D eigenvalue weighted by molar-refractivity contribution is 7.02. The van der Waals surface area contributed by atoms with Crippen molar-refractivity contribution >= 4 is 57.2 Å². The molecule has 0 aliphatic carbocycles. The van der Waals surface area contributed by atoms with Gasteiger partial charge in [-0.15, -0.1) is 0 Å². The maximum absolute atomic E-state index is 2.60. The van der Waals surface area contributed by atoms with E-state index in [1.165, 1.54) is 100 Å². The lowest BCUT2D eigenvalue weighted by Crippen LogP contribution is -2.62. The summed E-state index contributed by atoms with van der Waals surface area (Å²) in [4.78, 5) is 5.19. The second-order valence-corrected chi connectivity index (χ2v) is 21.2. The molecule has 8 aromatic rings. The lowest BCUT2D eigenvalue weighted by Gasteiger charge is -2.46. The molecule has 0 radical (unpaired) electrons. The van der Waals surface area contributed by atoms with Gasteiger partial charge in [-0.3, -0.25) is 0 Å². The van der Waals surface area contributed by atoms with E-state index in [9.17, 15) is 0 Å². The number of fused-ring (bicyclic) bond motifs is 4. The van der Waals surface area contributed by atoms with Gasteiger partial charge in [0, 0.05) is 34.1 Å². The van der Waals surface area contributed by atoms with Gasteiger partial charge in [-0.05, 0) is 144 Å². The lowest BCUT2D eigenvalue weighted by atomic mass is 9.31. The van der Waals surface area contributed by atoms with Gasteiger partial charge in [0.1, 0.15) is 0 Å². The highest BCUT2D eigenvalue weighted by Gasteiger charge is 2.47. The molecular formula is C61H59BN2. The van der Waals surface area contributed by atoms with Gasteiger partial charge in [0.05, 0.1) is 0 Å². The molecule has 0 saturated carbocycles. The Bertz CT molecular complexity index is 3020. The van der Waals surface area contributed by atoms with Crippen molar-refractivity contribution in [2.24, 2.45) is 0 Å². The van der Waals surface area contributed by atoms with Crippen molar-refractivity contribution in [1.29, 1.82) is 0 Å². The molecule has 2 nitrogen and oxygen atoms in total. The largest absolute Gasteiger partial charge is 0.311 e. The molecule has 0 aromatic heterocycles. The normalized spacial score (nSPS) is 13.4. The highest BCUT2D eigenvalue weighted by Crippen LogP contribution is 2.49. The van der Waals surface area contributed by atoms with Crippen molar-refractivity contribution < 1.29 is 0 Å². The molecule has 64 heavy (non-hydrogen) atoms. The molecule has 0 spiro atoms. The standard InChI is InChI=1S/C61H59BN2/c1-40-34-52-58-53(35-40)64(49-32-28-45(29-33-49)59(2,3)4)55-39-47(61(8,9)10)37-51(44-24-18-13-19-25-44)57(55)62(58)56-50(43-22-16-12-17-23-43)36-46(60(5,6)7)38-54(56)63(52)48-30-26-42(27-31-48)41-20-14-11-15-21-41/h11-39H,1-10H3. The number of rotatable bonds is 5. The first-order valence-corrected chi connectivity index (χ1v) is 23.0. The fourth-order valence-electron chi connectivity index (χ4n) is 10.1. The third kappa shape index (κ3) is 7.16. The van der Waals surface area contributed by atoms with Crippen LogP contribution in [0, 0.1) is 6.92 Å². The van der Waals surface area contributed by atoms with E-state index >= 15 is 0 Å². The first-order chi connectivity index (χ1) is 30.6. The van der Waals surface area contributed by atoms with Gasteiger partial charge in [0.25, 0.3) is 6.71 Å². The van der Waals surface area contributed by atoms with Gasteiger partial charge in [-0.1, -0.05) is 190 Å². The van der Waals surface area contributed by atoms with Crippen LogP contribution in [0.4, 0.5) is 34.1 Å². The van der Waals surface area contributed by atoms with E-state index in [2.05, 4.69) is 255 Å². The Morgan fingerprint density at radius 2 is 0.672 bits per heavy atom. The summed E-state index contributed by atoms with van der Waals surface area (Å²) in [6.07, 6.45) is 0. The molecule has 0 bridgehead atoms. The van der Waals surface area contributed by atoms with Crippen molar-refractivity contribution in [3.8, 4) is 33.4 Å². The van der Waals surface area contributed by atoms with Gasteiger partial charge < -0.3 is 9.80 Å². The summed E-state index contributed by atoms with van der Waals surface area (Å²) in [6, 6.07) is 66.6. The molecule has 0 N–H and O–H groups in total. The maximum Gasteiger partial charge on any atom is 0.253 e. The number of anilines is 6. The van der Waals surface area contributed by atoms with Crippen molar-refractivity contribution in [3.05, 3.63) is 198 Å². The first-order valence-electron chi connectivity index (χ1n) is 23.0. The smallest absolute Gasteiger partial charge is 0.253 e. The average molecular weight is 831 g/mol. The van der Waals surface area contributed by atoms with Gasteiger partial charge in [-0.2, -0.15) is 0 Å². The van der Waals surface area contributed by atoms with Crippen LogP contribution in [0.15, 0.2) is 176 Å². The Balaban J connectivity index is 1.37. The zero-order valence-electron chi connectivity index (χ0n) is 39.2. The highest BCUT2D eigenvalue weighted by atomic mass is 15.2. The molecule has 8 aromatic carbocycles. The zero-order chi connectivity index (χ0) is 44.7. The molecule has 0 amide bonds. The van der Waals surface area contributed by atoms with Gasteiger partial charge in [-0.25, -0.2) is 0 Å². The summed E-state index contributed by atoms with van der Waals surface area (Å²) in [5.41, 5.74) is 23.8. The molecule has 316 valence electrons. The fraction of sp³-hybridized carbons (Fsp3) is 0.213. The van der Waals surface area contributed by atoms with Crippen LogP contribution in [-0.2, 0) is 16.2 Å². The van der Waals surface area contributed by atoms with Crippen LogP contribution in [-0.4, -0.2) is 6.71 Å². The Labute approximate surface area is 382 Å². The van der Waals surface area contributed by atoms with E-state index in [1.807, 2.05) is 0 Å². The number of hydrogen-bond acceptors (Lipinski definition) is 2. The third-order valence-electron chi connectivity index (χ3n) is 13.6. The van der Waals surface area contributed by atoms with Crippen molar-refractivity contribution in [3.63, 3.8) is 0 Å². The van der Waals surface area contributed by atoms with Crippen LogP contribution < -0.4 is 26.2 Å². The Kier molecular flexibility index (Phi) is 9.91. The Morgan fingerprint density at radius 1 is 0.328 bits per heavy atom. The lowest BCUT2D eigenvalue weighted by molar-refractivity contribution is 0.590. The minimum absolute atomic E-state index is 0.0336. The summed E-state index contributed by atoms with van der Waals surface area (Å²) in [5.74, 6) is 0. The van der Waals surface area contributed by atoms with Crippen molar-refractivity contribution in [1.82, 2.24) is 0 Å². The van der Waals surface area contributed by atoms with Crippen molar-refractivity contribution in [2.45, 2.75) is 85.5 Å². The van der Waals surface area contributed by atoms with E-state index in [-0.39, 0.29) is 23.0 Å². The maximum atomic E-state index is 2.60. The molecule has 0 unspecified atom stereocenters. The van der Waals surface area contributed by atoms with Crippen LogP contribution in [0.2, 0.25) is 0 Å². The zero-order valence-corrected chi connectivity index (χ0v) is 39.2. The molecule has 2 heterocycles. The molecule has 2 aliphatic heterocycles. The number of nitrogens with zero attached hydrogens (tertiary/aromatic N) is 2. The van der Waals surface area contributed by atoms with E-state index in [4.69, 9.17) is 0 Å². The van der Waals surface area contributed by atoms with Crippen LogP contribution >= 0.6 is 0 Å². The SMILES string of the molecule is Cc1cc2c3c(c1)N(c1ccc(C(C)(C)C)cc1)c1cc(C(C)(C)C)cc(-c4ccccc4)c1B3c1c(-c3ccccc3)cc(C(C)(C)C)cc1N2c1ccc(-c2ccccc2)cc1. The summed E-state index contributed by atoms with van der Waals surface area (Å²) in [5, 5.41) is 0. The quantitative estimate of drug-likeness (QED) is 0.159. The molecule has 0 atom stereocenters. The van der Waals surface area contributed by atoms with Gasteiger partial charge in [0.15, 0.2) is 0 Å². The van der Waals surface area contributed by atoms with Crippen molar-refractivity contribution in [2.75, 3.05) is 9.80 Å². The second kappa shape index (κ2) is 15.3. The average Bonchev–Trinajstić information content (AvgIpc) is 3.28. The number of aryl methyl sites for hydroxylation is 1. The third-order valence-corrected chi connectivity index (χ3v) is 13.6. The van der Waals surface area contributed by atoms with Crippen LogP contribution in [0.3, 0.4) is 0 Å². The molecule has 0 fully saturated rings. The van der Waals surface area contributed by atoms with E-state index in [0.29, 0.717) is 0 Å². The second-order valence-electron chi connectivity index (χ2n) is 21.2. The summed E-state index contributed by atoms with van der Waals surface area (Å²) >= 11 is 0. The topological polar surface area (TPSA) is 6.48 Å². The van der Waals surface area contributed by atoms with Crippen LogP contribution in [0.5, 0.6) is 0 Å². The minimum Gasteiger partial charge on any atom is -0.311 e. The molecular weight excluding hydrogens is 771 g/mol. The molecule has 3 heteroatoms. The van der Waals surface area contributed by atoms with Crippen LogP contribution in [0.1, 0.15) is 84.6 Å². The van der Waals surface area contributed by atoms with E-state index in [0.717, 1.165) is 5.69 Å². The monoisotopic (exact) mass is 830 g/mol.